The molecule has 20 heavy (non-hydrogen) atoms. The van der Waals surface area contributed by atoms with Crippen LogP contribution in [0.1, 0.15) is 31.4 Å². The van der Waals surface area contributed by atoms with Crippen molar-refractivity contribution in [2.75, 3.05) is 11.9 Å². The van der Waals surface area contributed by atoms with Gasteiger partial charge in [0, 0.05) is 18.5 Å². The van der Waals surface area contributed by atoms with Crippen LogP contribution in [0.4, 0.5) is 5.82 Å². The molecule has 7 heteroatoms. The summed E-state index contributed by atoms with van der Waals surface area (Å²) in [5.74, 6) is 2.61. The smallest absolute Gasteiger partial charge is 0.198 e. The van der Waals surface area contributed by atoms with E-state index in [0.29, 0.717) is 22.2 Å². The van der Waals surface area contributed by atoms with Gasteiger partial charge in [0.1, 0.15) is 5.82 Å². The number of halogens is 3. The Morgan fingerprint density at radius 2 is 2.05 bits per heavy atom. The van der Waals surface area contributed by atoms with E-state index in [1.54, 1.807) is 0 Å². The first-order chi connectivity index (χ1) is 9.60. The Kier molecular flexibility index (Phi) is 4.19. The number of furan rings is 1. The van der Waals surface area contributed by atoms with Crippen molar-refractivity contribution in [3.05, 3.63) is 25.4 Å². The number of rotatable bonds is 4. The third kappa shape index (κ3) is 2.80. The Balaban J connectivity index is 2.10. The van der Waals surface area contributed by atoms with Crippen molar-refractivity contribution in [1.82, 2.24) is 9.97 Å². The zero-order valence-electron chi connectivity index (χ0n) is 10.7. The van der Waals surface area contributed by atoms with Crippen LogP contribution >= 0.6 is 47.8 Å². The lowest BCUT2D eigenvalue weighted by atomic mass is 10.2. The molecule has 0 bridgehead atoms. The van der Waals surface area contributed by atoms with Gasteiger partial charge in [-0.05, 0) is 67.6 Å². The Morgan fingerprint density at radius 3 is 2.60 bits per heavy atom. The summed E-state index contributed by atoms with van der Waals surface area (Å²) in [4.78, 5) is 9.22. The first-order valence-corrected chi connectivity index (χ1v) is 8.74. The summed E-state index contributed by atoms with van der Waals surface area (Å²) in [6.45, 7) is 2.86. The molecule has 106 valence electrons. The second-order valence-corrected chi connectivity index (χ2v) is 7.00. The van der Waals surface area contributed by atoms with Gasteiger partial charge in [-0.2, -0.15) is 0 Å². The SMILES string of the molecule is CCNc1nc(-c2cc(Br)c(Br)o2)nc(C2CC2)c1Br. The summed E-state index contributed by atoms with van der Waals surface area (Å²) < 4.78 is 8.11. The Hall–Kier alpha value is -0.400. The van der Waals surface area contributed by atoms with Crippen LogP contribution in [0.3, 0.4) is 0 Å². The van der Waals surface area contributed by atoms with Gasteiger partial charge in [0.25, 0.3) is 0 Å². The summed E-state index contributed by atoms with van der Waals surface area (Å²) >= 11 is 10.4. The van der Waals surface area contributed by atoms with E-state index in [-0.39, 0.29) is 0 Å². The number of hydrogen-bond acceptors (Lipinski definition) is 4. The molecule has 1 aliphatic carbocycles. The van der Waals surface area contributed by atoms with Crippen molar-refractivity contribution in [1.29, 1.82) is 0 Å². The molecule has 0 spiro atoms. The van der Waals surface area contributed by atoms with E-state index in [4.69, 9.17) is 4.42 Å². The molecule has 0 atom stereocenters. The van der Waals surface area contributed by atoms with E-state index in [1.807, 2.05) is 13.0 Å². The molecule has 0 aliphatic heterocycles. The van der Waals surface area contributed by atoms with Crippen LogP contribution in [0, 0.1) is 0 Å². The molecule has 2 heterocycles. The van der Waals surface area contributed by atoms with Gasteiger partial charge in [0.2, 0.25) is 0 Å². The number of hydrogen-bond donors (Lipinski definition) is 1. The molecule has 1 fully saturated rings. The monoisotopic (exact) mass is 463 g/mol. The van der Waals surface area contributed by atoms with Gasteiger partial charge in [-0.1, -0.05) is 0 Å². The van der Waals surface area contributed by atoms with Crippen LogP contribution in [0.15, 0.2) is 24.1 Å². The normalized spacial score (nSPS) is 14.6. The van der Waals surface area contributed by atoms with Gasteiger partial charge in [-0.15, -0.1) is 0 Å². The van der Waals surface area contributed by atoms with E-state index in [1.165, 1.54) is 12.8 Å². The molecule has 1 N–H and O–H groups in total. The van der Waals surface area contributed by atoms with Crippen molar-refractivity contribution in [2.45, 2.75) is 25.7 Å². The van der Waals surface area contributed by atoms with Crippen molar-refractivity contribution in [3.63, 3.8) is 0 Å². The van der Waals surface area contributed by atoms with E-state index in [2.05, 4.69) is 63.1 Å². The Bertz CT molecular complexity index is 633. The lowest BCUT2D eigenvalue weighted by molar-refractivity contribution is 0.549. The van der Waals surface area contributed by atoms with Gasteiger partial charge in [0.15, 0.2) is 16.3 Å². The molecular weight excluding hydrogens is 454 g/mol. The maximum absolute atomic E-state index is 5.63. The van der Waals surface area contributed by atoms with Gasteiger partial charge in [0.05, 0.1) is 14.6 Å². The molecule has 2 aromatic rings. The summed E-state index contributed by atoms with van der Waals surface area (Å²) in [5, 5.41) is 3.27. The van der Waals surface area contributed by atoms with Gasteiger partial charge >= 0.3 is 0 Å². The fourth-order valence-corrected chi connectivity index (χ4v) is 3.16. The molecule has 3 rings (SSSR count). The molecular formula is C13H12Br3N3O. The first kappa shape index (κ1) is 14.5. The maximum Gasteiger partial charge on any atom is 0.198 e. The van der Waals surface area contributed by atoms with Crippen LogP contribution in [0.25, 0.3) is 11.6 Å². The average molecular weight is 466 g/mol. The fraction of sp³-hybridized carbons (Fsp3) is 0.385. The summed E-state index contributed by atoms with van der Waals surface area (Å²) in [5.41, 5.74) is 1.06. The lowest BCUT2D eigenvalue weighted by Gasteiger charge is -2.10. The largest absolute Gasteiger partial charge is 0.445 e. The molecule has 2 aromatic heterocycles. The molecule has 0 aromatic carbocycles. The lowest BCUT2D eigenvalue weighted by Crippen LogP contribution is -2.05. The highest BCUT2D eigenvalue weighted by atomic mass is 79.9. The minimum Gasteiger partial charge on any atom is -0.445 e. The Morgan fingerprint density at radius 1 is 1.30 bits per heavy atom. The van der Waals surface area contributed by atoms with Crippen molar-refractivity contribution >= 4 is 53.6 Å². The predicted octanol–water partition coefficient (Wildman–Crippen LogP) is 5.33. The fourth-order valence-electron chi connectivity index (χ4n) is 1.94. The predicted molar refractivity (Wildman–Crippen MR) is 89.0 cm³/mol. The first-order valence-electron chi connectivity index (χ1n) is 6.36. The van der Waals surface area contributed by atoms with Gasteiger partial charge in [-0.3, -0.25) is 0 Å². The van der Waals surface area contributed by atoms with Crippen molar-refractivity contribution in [2.24, 2.45) is 0 Å². The standard InChI is InChI=1S/C13H12Br3N3O/c1-2-17-13-9(15)10(6-3-4-6)18-12(19-13)8-5-7(14)11(16)20-8/h5-6H,2-4H2,1H3,(H,17,18,19). The van der Waals surface area contributed by atoms with Crippen LogP contribution in [-0.2, 0) is 0 Å². The zero-order chi connectivity index (χ0) is 14.3. The van der Waals surface area contributed by atoms with Crippen LogP contribution in [0.5, 0.6) is 0 Å². The third-order valence-corrected chi connectivity index (χ3v) is 5.54. The molecule has 4 nitrogen and oxygen atoms in total. The van der Waals surface area contributed by atoms with Gasteiger partial charge in [-0.25, -0.2) is 9.97 Å². The molecule has 1 saturated carbocycles. The highest BCUT2D eigenvalue weighted by molar-refractivity contribution is 9.13. The van der Waals surface area contributed by atoms with E-state index in [9.17, 15) is 0 Å². The third-order valence-electron chi connectivity index (χ3n) is 3.05. The average Bonchev–Trinajstić information content (AvgIpc) is 3.19. The number of aromatic nitrogens is 2. The minimum atomic E-state index is 0.533. The van der Waals surface area contributed by atoms with E-state index in [0.717, 1.165) is 27.0 Å². The van der Waals surface area contributed by atoms with Crippen LogP contribution < -0.4 is 5.32 Å². The number of nitrogens with zero attached hydrogens (tertiary/aromatic N) is 2. The molecule has 0 unspecified atom stereocenters. The second kappa shape index (κ2) is 5.77. The van der Waals surface area contributed by atoms with E-state index < -0.39 is 0 Å². The quantitative estimate of drug-likeness (QED) is 0.662. The molecule has 1 aliphatic rings. The topological polar surface area (TPSA) is 51.0 Å². The summed E-state index contributed by atoms with van der Waals surface area (Å²) in [7, 11) is 0. The van der Waals surface area contributed by atoms with Crippen molar-refractivity contribution < 1.29 is 4.42 Å². The van der Waals surface area contributed by atoms with Crippen LogP contribution in [-0.4, -0.2) is 16.5 Å². The summed E-state index contributed by atoms with van der Waals surface area (Å²) in [6.07, 6.45) is 2.37. The number of anilines is 1. The Labute approximate surface area is 142 Å². The zero-order valence-corrected chi connectivity index (χ0v) is 15.5. The second-order valence-electron chi connectivity index (χ2n) is 4.63. The molecule has 0 radical (unpaired) electrons. The molecule has 0 saturated heterocycles. The molecule has 0 amide bonds. The van der Waals surface area contributed by atoms with E-state index >= 15 is 0 Å². The highest BCUT2D eigenvalue weighted by Gasteiger charge is 2.30. The highest BCUT2D eigenvalue weighted by Crippen LogP contribution is 2.44. The van der Waals surface area contributed by atoms with Crippen LogP contribution in [0.2, 0.25) is 0 Å². The maximum atomic E-state index is 5.63. The van der Waals surface area contributed by atoms with Crippen molar-refractivity contribution in [3.8, 4) is 11.6 Å². The minimum absolute atomic E-state index is 0.533. The summed E-state index contributed by atoms with van der Waals surface area (Å²) in [6, 6.07) is 1.87. The number of nitrogens with one attached hydrogen (secondary N) is 1. The van der Waals surface area contributed by atoms with Gasteiger partial charge < -0.3 is 9.73 Å².